The van der Waals surface area contributed by atoms with Crippen molar-refractivity contribution in [3.8, 4) is 0 Å². The number of nitrogens with zero attached hydrogens (tertiary/aromatic N) is 3. The maximum Gasteiger partial charge on any atom is 0.132 e. The van der Waals surface area contributed by atoms with Crippen LogP contribution in [0.2, 0.25) is 0 Å². The van der Waals surface area contributed by atoms with Crippen LogP contribution in [0.4, 0.5) is 0 Å². The topological polar surface area (TPSA) is 38.7 Å². The number of halogens is 1. The molecule has 0 saturated carbocycles. The van der Waals surface area contributed by atoms with Crippen LogP contribution in [0.25, 0.3) is 0 Å². The fraction of sp³-hybridized carbons (Fsp3) is 0. The first-order chi connectivity index (χ1) is 3.39. The van der Waals surface area contributed by atoms with Crippen molar-refractivity contribution in [2.24, 2.45) is 0 Å². The standard InChI is InChI=1S/C3HBrN3/c4-3-1-2-5-7-6-3/h1H. The van der Waals surface area contributed by atoms with Crippen LogP contribution in [0.5, 0.6) is 0 Å². The minimum atomic E-state index is 0.655. The zero-order valence-corrected chi connectivity index (χ0v) is 4.88. The molecule has 0 unspecified atom stereocenters. The van der Waals surface area contributed by atoms with E-state index in [1.807, 2.05) is 0 Å². The van der Waals surface area contributed by atoms with Crippen LogP contribution < -0.4 is 0 Å². The lowest BCUT2D eigenvalue weighted by Gasteiger charge is -1.76. The molecule has 0 saturated heterocycles. The first-order valence-corrected chi connectivity index (χ1v) is 2.41. The Labute approximate surface area is 48.9 Å². The van der Waals surface area contributed by atoms with Crippen LogP contribution in [0.3, 0.4) is 0 Å². The highest BCUT2D eigenvalue weighted by molar-refractivity contribution is 9.10. The summed E-state index contributed by atoms with van der Waals surface area (Å²) in [6, 6.07) is 1.59. The average molecular weight is 159 g/mol. The maximum absolute atomic E-state index is 3.50. The van der Waals surface area contributed by atoms with Gasteiger partial charge < -0.3 is 0 Å². The second-order valence-electron chi connectivity index (χ2n) is 0.886. The molecule has 0 fully saturated rings. The number of hydrogen-bond acceptors (Lipinski definition) is 3. The second kappa shape index (κ2) is 1.97. The molecule has 0 amide bonds. The van der Waals surface area contributed by atoms with Crippen molar-refractivity contribution in [1.29, 1.82) is 0 Å². The molecule has 0 aliphatic carbocycles. The first kappa shape index (κ1) is 4.64. The van der Waals surface area contributed by atoms with E-state index >= 15 is 0 Å². The van der Waals surface area contributed by atoms with E-state index in [9.17, 15) is 0 Å². The average Bonchev–Trinajstić information content (AvgIpc) is 1.69. The smallest absolute Gasteiger partial charge is 0.128 e. The molecule has 0 bridgehead atoms. The van der Waals surface area contributed by atoms with Crippen LogP contribution >= 0.6 is 15.9 Å². The Morgan fingerprint density at radius 2 is 2.57 bits per heavy atom. The fourth-order valence-electron chi connectivity index (χ4n) is 0.202. The molecule has 1 aromatic heterocycles. The number of aromatic nitrogens is 3. The van der Waals surface area contributed by atoms with Crippen molar-refractivity contribution in [3.63, 3.8) is 0 Å². The third kappa shape index (κ3) is 1.19. The Bertz CT molecular complexity index is 140. The Kier molecular flexibility index (Phi) is 1.31. The molecular weight excluding hydrogens is 158 g/mol. The highest BCUT2D eigenvalue weighted by Crippen LogP contribution is 1.96. The SMILES string of the molecule is Brc1c[c]nnn1. The van der Waals surface area contributed by atoms with Gasteiger partial charge in [-0.05, 0) is 21.1 Å². The lowest BCUT2D eigenvalue weighted by atomic mass is 10.7. The van der Waals surface area contributed by atoms with Gasteiger partial charge in [0.15, 0.2) is 0 Å². The van der Waals surface area contributed by atoms with Gasteiger partial charge in [0.2, 0.25) is 0 Å². The number of rotatable bonds is 0. The summed E-state index contributed by atoms with van der Waals surface area (Å²) in [5.41, 5.74) is 0. The van der Waals surface area contributed by atoms with Crippen molar-refractivity contribution >= 4 is 15.9 Å². The van der Waals surface area contributed by atoms with E-state index in [1.165, 1.54) is 0 Å². The van der Waals surface area contributed by atoms with Gasteiger partial charge in [-0.25, -0.2) is 0 Å². The Hall–Kier alpha value is -0.510. The first-order valence-electron chi connectivity index (χ1n) is 1.61. The predicted octanol–water partition coefficient (Wildman–Crippen LogP) is 0.434. The van der Waals surface area contributed by atoms with E-state index in [0.717, 1.165) is 0 Å². The van der Waals surface area contributed by atoms with Crippen molar-refractivity contribution < 1.29 is 0 Å². The quantitative estimate of drug-likeness (QED) is 0.551. The van der Waals surface area contributed by atoms with Crippen LogP contribution in [0.1, 0.15) is 0 Å². The summed E-state index contributed by atoms with van der Waals surface area (Å²) in [5.74, 6) is 0. The lowest BCUT2D eigenvalue weighted by Crippen LogP contribution is -1.82. The van der Waals surface area contributed by atoms with E-state index in [1.54, 1.807) is 6.07 Å². The molecule has 7 heavy (non-hydrogen) atoms. The summed E-state index contributed by atoms with van der Waals surface area (Å²) in [7, 11) is 0. The van der Waals surface area contributed by atoms with Gasteiger partial charge in [0.05, 0.1) is 0 Å². The lowest BCUT2D eigenvalue weighted by molar-refractivity contribution is 0.844. The Balaban J connectivity index is 3.02. The Morgan fingerprint density at radius 1 is 1.71 bits per heavy atom. The van der Waals surface area contributed by atoms with Crippen LogP contribution in [0, 0.1) is 6.20 Å². The molecule has 1 rings (SSSR count). The van der Waals surface area contributed by atoms with Gasteiger partial charge in [-0.2, -0.15) is 0 Å². The minimum absolute atomic E-state index is 0.655. The van der Waals surface area contributed by atoms with Gasteiger partial charge in [0, 0.05) is 6.07 Å². The van der Waals surface area contributed by atoms with Crippen LogP contribution in [0.15, 0.2) is 10.7 Å². The zero-order valence-electron chi connectivity index (χ0n) is 3.30. The molecule has 0 N–H and O–H groups in total. The van der Waals surface area contributed by atoms with Crippen molar-refractivity contribution in [1.82, 2.24) is 15.4 Å². The molecule has 3 nitrogen and oxygen atoms in total. The van der Waals surface area contributed by atoms with Crippen molar-refractivity contribution in [3.05, 3.63) is 16.9 Å². The predicted molar refractivity (Wildman–Crippen MR) is 26.4 cm³/mol. The summed E-state index contributed by atoms with van der Waals surface area (Å²) in [6.45, 7) is 0. The summed E-state index contributed by atoms with van der Waals surface area (Å²) in [6.07, 6.45) is 2.49. The highest BCUT2D eigenvalue weighted by atomic mass is 79.9. The molecule has 35 valence electrons. The normalized spacial score (nSPS) is 8.71. The fourth-order valence-corrected chi connectivity index (χ4v) is 0.375. The molecule has 4 heteroatoms. The van der Waals surface area contributed by atoms with Gasteiger partial charge >= 0.3 is 0 Å². The Morgan fingerprint density at radius 3 is 2.86 bits per heavy atom. The largest absolute Gasteiger partial charge is 0.132 e. The van der Waals surface area contributed by atoms with E-state index in [2.05, 4.69) is 37.5 Å². The molecule has 0 atom stereocenters. The van der Waals surface area contributed by atoms with Gasteiger partial charge in [-0.3, -0.25) is 0 Å². The van der Waals surface area contributed by atoms with E-state index in [0.29, 0.717) is 4.60 Å². The van der Waals surface area contributed by atoms with Crippen molar-refractivity contribution in [2.45, 2.75) is 0 Å². The second-order valence-corrected chi connectivity index (χ2v) is 1.70. The zero-order chi connectivity index (χ0) is 5.11. The molecule has 0 aliphatic heterocycles. The van der Waals surface area contributed by atoms with E-state index in [4.69, 9.17) is 0 Å². The van der Waals surface area contributed by atoms with E-state index < -0.39 is 0 Å². The van der Waals surface area contributed by atoms with Crippen LogP contribution in [-0.4, -0.2) is 15.4 Å². The third-order valence-corrected chi connectivity index (χ3v) is 0.814. The molecule has 1 heterocycles. The molecule has 0 aromatic carbocycles. The molecule has 1 radical (unpaired) electrons. The molecule has 1 aromatic rings. The van der Waals surface area contributed by atoms with E-state index in [-0.39, 0.29) is 0 Å². The van der Waals surface area contributed by atoms with Crippen LogP contribution in [-0.2, 0) is 0 Å². The third-order valence-electron chi connectivity index (χ3n) is 0.426. The maximum atomic E-state index is 3.50. The summed E-state index contributed by atoms with van der Waals surface area (Å²) >= 11 is 3.07. The monoisotopic (exact) mass is 158 g/mol. The van der Waals surface area contributed by atoms with Gasteiger partial charge in [0.1, 0.15) is 10.8 Å². The summed E-state index contributed by atoms with van der Waals surface area (Å²) < 4.78 is 0.655. The minimum Gasteiger partial charge on any atom is -0.128 e. The number of hydrogen-bond donors (Lipinski definition) is 0. The van der Waals surface area contributed by atoms with Gasteiger partial charge in [0.25, 0.3) is 0 Å². The van der Waals surface area contributed by atoms with Gasteiger partial charge in [-0.15, -0.1) is 10.2 Å². The highest BCUT2D eigenvalue weighted by Gasteiger charge is 1.79. The van der Waals surface area contributed by atoms with Crippen molar-refractivity contribution in [2.75, 3.05) is 0 Å². The molecule has 0 spiro atoms. The molecular formula is C3HBrN3. The summed E-state index contributed by atoms with van der Waals surface area (Å²) in [4.78, 5) is 0. The summed E-state index contributed by atoms with van der Waals surface area (Å²) in [5, 5.41) is 10.1. The van der Waals surface area contributed by atoms with Gasteiger partial charge in [-0.1, -0.05) is 0 Å². The molecule has 0 aliphatic rings.